The summed E-state index contributed by atoms with van der Waals surface area (Å²) < 4.78 is 1.19. The van der Waals surface area contributed by atoms with E-state index >= 15 is 0 Å². The summed E-state index contributed by atoms with van der Waals surface area (Å²) in [5.41, 5.74) is 6.59. The number of nitrogens with two attached hydrogens (primary N) is 1. The molecule has 0 aliphatic carbocycles. The quantitative estimate of drug-likeness (QED) is 0.896. The summed E-state index contributed by atoms with van der Waals surface area (Å²) in [4.78, 5) is 4.54. The Morgan fingerprint density at radius 1 is 1.53 bits per heavy atom. The fourth-order valence-corrected chi connectivity index (χ4v) is 2.69. The Bertz CT molecular complexity index is 467. The van der Waals surface area contributed by atoms with Gasteiger partial charge in [-0.15, -0.1) is 11.3 Å². The first-order chi connectivity index (χ1) is 7.19. The second-order valence-electron chi connectivity index (χ2n) is 3.76. The van der Waals surface area contributed by atoms with Crippen LogP contribution in [0.4, 0.5) is 0 Å². The molecule has 0 aliphatic heterocycles. The molecule has 1 aromatic carbocycles. The molecule has 0 spiro atoms. The van der Waals surface area contributed by atoms with Crippen molar-refractivity contribution in [3.8, 4) is 0 Å². The molecular formula is C11H13ClN2S. The Balaban J connectivity index is 2.30. The van der Waals surface area contributed by atoms with Crippen molar-refractivity contribution in [2.75, 3.05) is 6.54 Å². The van der Waals surface area contributed by atoms with Crippen LogP contribution >= 0.6 is 22.9 Å². The molecule has 80 valence electrons. The SMILES string of the molecule is CC(CN)Cc1nc2cc(Cl)ccc2s1. The molecule has 1 heterocycles. The van der Waals surface area contributed by atoms with E-state index in [1.54, 1.807) is 11.3 Å². The maximum absolute atomic E-state index is 5.91. The summed E-state index contributed by atoms with van der Waals surface area (Å²) in [7, 11) is 0. The van der Waals surface area contributed by atoms with Gasteiger partial charge in [-0.05, 0) is 30.7 Å². The van der Waals surface area contributed by atoms with E-state index in [1.807, 2.05) is 18.2 Å². The van der Waals surface area contributed by atoms with Crippen molar-refractivity contribution in [2.24, 2.45) is 11.7 Å². The van der Waals surface area contributed by atoms with Crippen LogP contribution in [0.5, 0.6) is 0 Å². The van der Waals surface area contributed by atoms with Crippen LogP contribution in [0.25, 0.3) is 10.2 Å². The zero-order valence-corrected chi connectivity index (χ0v) is 10.1. The van der Waals surface area contributed by atoms with E-state index in [0.29, 0.717) is 12.5 Å². The number of rotatable bonds is 3. The number of hydrogen-bond acceptors (Lipinski definition) is 3. The lowest BCUT2D eigenvalue weighted by molar-refractivity contribution is 0.592. The summed E-state index contributed by atoms with van der Waals surface area (Å²) in [6.45, 7) is 2.84. The standard InChI is InChI=1S/C11H13ClN2S/c1-7(6-13)4-11-14-9-5-8(12)2-3-10(9)15-11/h2-3,5,7H,4,6,13H2,1H3. The molecule has 0 radical (unpaired) electrons. The van der Waals surface area contributed by atoms with Crippen molar-refractivity contribution < 1.29 is 0 Å². The molecule has 1 aromatic heterocycles. The van der Waals surface area contributed by atoms with E-state index in [1.165, 1.54) is 4.70 Å². The number of hydrogen-bond donors (Lipinski definition) is 1. The molecule has 0 bridgehead atoms. The van der Waals surface area contributed by atoms with Crippen LogP contribution in [0, 0.1) is 5.92 Å². The van der Waals surface area contributed by atoms with Crippen LogP contribution in [-0.2, 0) is 6.42 Å². The van der Waals surface area contributed by atoms with Crippen LogP contribution in [-0.4, -0.2) is 11.5 Å². The van der Waals surface area contributed by atoms with Crippen LogP contribution in [0.3, 0.4) is 0 Å². The Morgan fingerprint density at radius 3 is 3.07 bits per heavy atom. The fourth-order valence-electron chi connectivity index (χ4n) is 1.42. The third-order valence-electron chi connectivity index (χ3n) is 2.32. The van der Waals surface area contributed by atoms with Gasteiger partial charge in [-0.1, -0.05) is 18.5 Å². The smallest absolute Gasteiger partial charge is 0.0941 e. The van der Waals surface area contributed by atoms with Gasteiger partial charge >= 0.3 is 0 Å². The predicted molar refractivity (Wildman–Crippen MR) is 66.6 cm³/mol. The molecule has 0 saturated carbocycles. The molecule has 1 atom stereocenters. The monoisotopic (exact) mass is 240 g/mol. The van der Waals surface area contributed by atoms with Gasteiger partial charge in [-0.2, -0.15) is 0 Å². The predicted octanol–water partition coefficient (Wildman–Crippen LogP) is 3.09. The third kappa shape index (κ3) is 2.48. The van der Waals surface area contributed by atoms with Crippen molar-refractivity contribution >= 4 is 33.2 Å². The zero-order valence-electron chi connectivity index (χ0n) is 8.53. The highest BCUT2D eigenvalue weighted by atomic mass is 35.5. The first kappa shape index (κ1) is 10.9. The Morgan fingerprint density at radius 2 is 2.33 bits per heavy atom. The molecule has 0 saturated heterocycles. The van der Waals surface area contributed by atoms with Gasteiger partial charge in [-0.3, -0.25) is 0 Å². The van der Waals surface area contributed by atoms with E-state index < -0.39 is 0 Å². The van der Waals surface area contributed by atoms with Crippen molar-refractivity contribution in [1.82, 2.24) is 4.98 Å². The van der Waals surface area contributed by atoms with Gasteiger partial charge in [-0.25, -0.2) is 4.98 Å². The zero-order chi connectivity index (χ0) is 10.8. The van der Waals surface area contributed by atoms with E-state index in [0.717, 1.165) is 22.0 Å². The van der Waals surface area contributed by atoms with Crippen molar-refractivity contribution in [1.29, 1.82) is 0 Å². The highest BCUT2D eigenvalue weighted by Crippen LogP contribution is 2.26. The first-order valence-electron chi connectivity index (χ1n) is 4.94. The number of thiazole rings is 1. The normalized spacial score (nSPS) is 13.3. The van der Waals surface area contributed by atoms with E-state index in [4.69, 9.17) is 17.3 Å². The van der Waals surface area contributed by atoms with Gasteiger partial charge in [0.1, 0.15) is 0 Å². The van der Waals surface area contributed by atoms with Crippen molar-refractivity contribution in [3.05, 3.63) is 28.2 Å². The molecule has 0 aliphatic rings. The Labute approximate surface area is 98.1 Å². The molecule has 2 aromatic rings. The minimum atomic E-state index is 0.487. The third-order valence-corrected chi connectivity index (χ3v) is 3.61. The number of nitrogens with zero attached hydrogens (tertiary/aromatic N) is 1. The maximum Gasteiger partial charge on any atom is 0.0941 e. The summed E-state index contributed by atoms with van der Waals surface area (Å²) in [6, 6.07) is 5.83. The molecule has 2 rings (SSSR count). The van der Waals surface area contributed by atoms with E-state index in [2.05, 4.69) is 11.9 Å². The van der Waals surface area contributed by atoms with Crippen LogP contribution in [0.1, 0.15) is 11.9 Å². The van der Waals surface area contributed by atoms with Crippen LogP contribution in [0.15, 0.2) is 18.2 Å². The summed E-state index contributed by atoms with van der Waals surface area (Å²) >= 11 is 7.63. The number of fused-ring (bicyclic) bond motifs is 1. The second kappa shape index (κ2) is 4.47. The molecular weight excluding hydrogens is 228 g/mol. The van der Waals surface area contributed by atoms with Crippen LogP contribution < -0.4 is 5.73 Å². The highest BCUT2D eigenvalue weighted by molar-refractivity contribution is 7.18. The molecule has 1 unspecified atom stereocenters. The lowest BCUT2D eigenvalue weighted by Crippen LogP contribution is -2.12. The molecule has 2 N–H and O–H groups in total. The van der Waals surface area contributed by atoms with Gasteiger partial charge in [0.15, 0.2) is 0 Å². The average molecular weight is 241 g/mol. The van der Waals surface area contributed by atoms with Gasteiger partial charge in [0.25, 0.3) is 0 Å². The number of aromatic nitrogens is 1. The Kier molecular flexibility index (Phi) is 3.24. The average Bonchev–Trinajstić information content (AvgIpc) is 2.59. The van der Waals surface area contributed by atoms with E-state index in [9.17, 15) is 0 Å². The highest BCUT2D eigenvalue weighted by Gasteiger charge is 2.07. The second-order valence-corrected chi connectivity index (χ2v) is 5.32. The van der Waals surface area contributed by atoms with Gasteiger partial charge < -0.3 is 5.73 Å². The largest absolute Gasteiger partial charge is 0.330 e. The van der Waals surface area contributed by atoms with Crippen molar-refractivity contribution in [3.63, 3.8) is 0 Å². The van der Waals surface area contributed by atoms with Crippen LogP contribution in [0.2, 0.25) is 5.02 Å². The number of benzene rings is 1. The van der Waals surface area contributed by atoms with Gasteiger partial charge in [0.05, 0.1) is 15.2 Å². The molecule has 0 fully saturated rings. The minimum Gasteiger partial charge on any atom is -0.330 e. The minimum absolute atomic E-state index is 0.487. The molecule has 2 nitrogen and oxygen atoms in total. The fraction of sp³-hybridized carbons (Fsp3) is 0.364. The van der Waals surface area contributed by atoms with E-state index in [-0.39, 0.29) is 0 Å². The van der Waals surface area contributed by atoms with Gasteiger partial charge in [0, 0.05) is 11.4 Å². The van der Waals surface area contributed by atoms with Gasteiger partial charge in [0.2, 0.25) is 0 Å². The molecule has 4 heteroatoms. The maximum atomic E-state index is 5.91. The first-order valence-corrected chi connectivity index (χ1v) is 6.13. The lowest BCUT2D eigenvalue weighted by atomic mass is 10.1. The molecule has 15 heavy (non-hydrogen) atoms. The topological polar surface area (TPSA) is 38.9 Å². The number of halogens is 1. The van der Waals surface area contributed by atoms with Crippen molar-refractivity contribution in [2.45, 2.75) is 13.3 Å². The molecule has 0 amide bonds. The Hall–Kier alpha value is -0.640. The summed E-state index contributed by atoms with van der Waals surface area (Å²) in [5.74, 6) is 0.487. The summed E-state index contributed by atoms with van der Waals surface area (Å²) in [5, 5.41) is 1.89. The lowest BCUT2D eigenvalue weighted by Gasteiger charge is -2.03. The summed E-state index contributed by atoms with van der Waals surface area (Å²) in [6.07, 6.45) is 0.952.